The van der Waals surface area contributed by atoms with Crippen LogP contribution >= 0.6 is 23.2 Å². The first-order valence-corrected chi connectivity index (χ1v) is 15.0. The van der Waals surface area contributed by atoms with E-state index in [-0.39, 0.29) is 5.92 Å². The zero-order valence-corrected chi connectivity index (χ0v) is 25.6. The number of aryl methyl sites for hydroxylation is 2. The average molecular weight is 593 g/mol. The third kappa shape index (κ3) is 8.42. The van der Waals surface area contributed by atoms with Crippen LogP contribution in [0.25, 0.3) is 11.1 Å². The Morgan fingerprint density at radius 3 is 2.17 bits per heavy atom. The van der Waals surface area contributed by atoms with Crippen molar-refractivity contribution in [3.63, 3.8) is 0 Å². The molecule has 1 atom stereocenters. The van der Waals surface area contributed by atoms with Crippen LogP contribution in [-0.2, 0) is 6.42 Å². The van der Waals surface area contributed by atoms with E-state index in [4.69, 9.17) is 43.1 Å². The monoisotopic (exact) mass is 591 g/mol. The van der Waals surface area contributed by atoms with E-state index in [0.29, 0.717) is 35.6 Å². The van der Waals surface area contributed by atoms with Crippen molar-refractivity contribution in [3.05, 3.63) is 111 Å². The molecule has 0 aliphatic carbocycles. The molecule has 6 heteroatoms. The second kappa shape index (κ2) is 15.2. The summed E-state index contributed by atoms with van der Waals surface area (Å²) in [5, 5.41) is 1.000. The Hall–Kier alpha value is -3.18. The molecule has 0 aliphatic heterocycles. The van der Waals surface area contributed by atoms with E-state index in [0.717, 1.165) is 54.1 Å². The average Bonchev–Trinajstić information content (AvgIpc) is 2.96. The quantitative estimate of drug-likeness (QED) is 0.148. The first-order chi connectivity index (χ1) is 19.9. The van der Waals surface area contributed by atoms with Crippen molar-refractivity contribution in [2.45, 2.75) is 46.0 Å². The number of para-hydroxylation sites is 1. The molecule has 216 valence electrons. The minimum Gasteiger partial charge on any atom is -0.493 e. The van der Waals surface area contributed by atoms with E-state index in [9.17, 15) is 0 Å². The van der Waals surface area contributed by atoms with Crippen molar-refractivity contribution in [2.75, 3.05) is 26.4 Å². The van der Waals surface area contributed by atoms with Crippen LogP contribution in [0.1, 0.15) is 47.9 Å². The fraction of sp³-hybridized carbons (Fsp3) is 0.314. The van der Waals surface area contributed by atoms with Gasteiger partial charge in [-0.05, 0) is 91.4 Å². The fourth-order valence-electron chi connectivity index (χ4n) is 4.91. The van der Waals surface area contributed by atoms with Crippen molar-refractivity contribution >= 4 is 23.2 Å². The summed E-state index contributed by atoms with van der Waals surface area (Å²) in [4.78, 5) is 0. The number of halogens is 2. The maximum absolute atomic E-state index is 6.27. The largest absolute Gasteiger partial charge is 0.493 e. The zero-order chi connectivity index (χ0) is 29.2. The van der Waals surface area contributed by atoms with Crippen LogP contribution in [0, 0.1) is 13.8 Å². The van der Waals surface area contributed by atoms with Crippen LogP contribution in [0.2, 0.25) is 10.0 Å². The van der Waals surface area contributed by atoms with Gasteiger partial charge in [-0.15, -0.1) is 0 Å². The van der Waals surface area contributed by atoms with Crippen molar-refractivity contribution in [1.29, 1.82) is 0 Å². The number of hydrogen-bond donors (Lipinski definition) is 1. The highest BCUT2D eigenvalue weighted by Crippen LogP contribution is 2.35. The van der Waals surface area contributed by atoms with Crippen molar-refractivity contribution < 1.29 is 14.2 Å². The summed E-state index contributed by atoms with van der Waals surface area (Å²) in [6.45, 7) is 8.29. The lowest BCUT2D eigenvalue weighted by Gasteiger charge is -2.20. The van der Waals surface area contributed by atoms with E-state index < -0.39 is 0 Å². The van der Waals surface area contributed by atoms with Crippen molar-refractivity contribution in [2.24, 2.45) is 5.73 Å². The van der Waals surface area contributed by atoms with Gasteiger partial charge in [0.05, 0.1) is 16.7 Å². The van der Waals surface area contributed by atoms with Crippen LogP contribution in [0.15, 0.2) is 78.9 Å². The highest BCUT2D eigenvalue weighted by atomic mass is 35.5. The fourth-order valence-corrected chi connectivity index (χ4v) is 5.62. The van der Waals surface area contributed by atoms with Crippen LogP contribution in [0.3, 0.4) is 0 Å². The Bertz CT molecular complexity index is 1400. The lowest BCUT2D eigenvalue weighted by Crippen LogP contribution is -2.16. The van der Waals surface area contributed by atoms with Crippen molar-refractivity contribution in [1.82, 2.24) is 0 Å². The number of benzene rings is 4. The van der Waals surface area contributed by atoms with Crippen LogP contribution in [0.5, 0.6) is 17.2 Å². The Morgan fingerprint density at radius 2 is 1.49 bits per heavy atom. The first-order valence-electron chi connectivity index (χ1n) is 14.2. The molecule has 0 amide bonds. The van der Waals surface area contributed by atoms with Gasteiger partial charge < -0.3 is 19.9 Å². The smallest absolute Gasteiger partial charge is 0.156 e. The lowest BCUT2D eigenvalue weighted by molar-refractivity contribution is 0.217. The summed E-state index contributed by atoms with van der Waals surface area (Å²) in [6.07, 6.45) is 3.01. The van der Waals surface area contributed by atoms with E-state index >= 15 is 0 Å². The van der Waals surface area contributed by atoms with Crippen LogP contribution in [0.4, 0.5) is 0 Å². The van der Waals surface area contributed by atoms with E-state index in [1.165, 1.54) is 16.7 Å². The van der Waals surface area contributed by atoms with Gasteiger partial charge >= 0.3 is 0 Å². The number of hydrogen-bond acceptors (Lipinski definition) is 4. The molecular formula is C35H39Cl2NO3. The van der Waals surface area contributed by atoms with E-state index in [1.807, 2.05) is 43.3 Å². The molecule has 0 radical (unpaired) electrons. The minimum absolute atomic E-state index is 0.212. The lowest BCUT2D eigenvalue weighted by atomic mass is 9.87. The number of rotatable bonds is 14. The molecule has 41 heavy (non-hydrogen) atoms. The van der Waals surface area contributed by atoms with Gasteiger partial charge in [0.1, 0.15) is 24.7 Å². The molecule has 0 aliphatic rings. The number of ether oxygens (including phenoxy) is 3. The second-order valence-electron chi connectivity index (χ2n) is 10.3. The van der Waals surface area contributed by atoms with Gasteiger partial charge in [0.15, 0.2) is 5.75 Å². The maximum Gasteiger partial charge on any atom is 0.156 e. The van der Waals surface area contributed by atoms with Crippen LogP contribution in [-0.4, -0.2) is 26.4 Å². The topological polar surface area (TPSA) is 53.7 Å². The molecule has 0 fully saturated rings. The molecule has 0 heterocycles. The van der Waals surface area contributed by atoms with E-state index in [2.05, 4.69) is 56.3 Å². The third-order valence-electron chi connectivity index (χ3n) is 7.09. The molecule has 4 rings (SSSR count). The molecule has 0 saturated carbocycles. The highest BCUT2D eigenvalue weighted by molar-refractivity contribution is 6.37. The summed E-state index contributed by atoms with van der Waals surface area (Å²) >= 11 is 12.5. The summed E-state index contributed by atoms with van der Waals surface area (Å²) in [7, 11) is 0. The minimum atomic E-state index is 0.212. The summed E-state index contributed by atoms with van der Waals surface area (Å²) in [6, 6.07) is 26.7. The predicted octanol–water partition coefficient (Wildman–Crippen LogP) is 9.20. The third-order valence-corrected chi connectivity index (χ3v) is 7.66. The molecule has 0 saturated heterocycles. The van der Waals surface area contributed by atoms with Gasteiger partial charge in [0.25, 0.3) is 0 Å². The van der Waals surface area contributed by atoms with Gasteiger partial charge in [-0.1, -0.05) is 85.1 Å². The number of nitrogens with two attached hydrogens (primary N) is 1. The normalized spacial score (nSPS) is 11.8. The molecular weight excluding hydrogens is 553 g/mol. The van der Waals surface area contributed by atoms with Gasteiger partial charge in [0.2, 0.25) is 0 Å². The van der Waals surface area contributed by atoms with Crippen LogP contribution < -0.4 is 19.9 Å². The molecule has 0 bridgehead atoms. The molecule has 4 nitrogen and oxygen atoms in total. The molecule has 4 aromatic rings. The van der Waals surface area contributed by atoms with Gasteiger partial charge in [-0.2, -0.15) is 0 Å². The second-order valence-corrected chi connectivity index (χ2v) is 11.1. The standard InChI is InChI=1S/C35H39Cl2NO3/c1-4-5-16-40-34-9-7-6-8-31(34)27-12-15-30(25(3)21-27)28(23-38)22-26-10-13-29(14-11-26)39-17-18-41-35-32(36)19-24(2)20-33(35)37/h6-15,19-21,28H,4-5,16-18,22-23,38H2,1-3H3. The van der Waals surface area contributed by atoms with Gasteiger partial charge in [0, 0.05) is 11.5 Å². The summed E-state index contributed by atoms with van der Waals surface area (Å²) in [5.41, 5.74) is 13.2. The molecule has 0 aromatic heterocycles. The van der Waals surface area contributed by atoms with Gasteiger partial charge in [-0.25, -0.2) is 0 Å². The SMILES string of the molecule is CCCCOc1ccccc1-c1ccc(C(CN)Cc2ccc(OCCOc3c(Cl)cc(C)cc3Cl)cc2)c(C)c1. The Labute approximate surface area is 254 Å². The van der Waals surface area contributed by atoms with Crippen molar-refractivity contribution in [3.8, 4) is 28.4 Å². The maximum atomic E-state index is 6.27. The molecule has 1 unspecified atom stereocenters. The zero-order valence-electron chi connectivity index (χ0n) is 24.1. The molecule has 4 aromatic carbocycles. The number of unbranched alkanes of at least 4 members (excludes halogenated alkanes) is 1. The van der Waals surface area contributed by atoms with E-state index in [1.54, 1.807) is 0 Å². The Morgan fingerprint density at radius 1 is 0.780 bits per heavy atom. The first kappa shape index (κ1) is 30.8. The summed E-state index contributed by atoms with van der Waals surface area (Å²) < 4.78 is 17.7. The molecule has 0 spiro atoms. The van der Waals surface area contributed by atoms with Gasteiger partial charge in [-0.3, -0.25) is 0 Å². The highest BCUT2D eigenvalue weighted by Gasteiger charge is 2.15. The molecule has 2 N–H and O–H groups in total. The summed E-state index contributed by atoms with van der Waals surface area (Å²) in [5.74, 6) is 2.41. The Kier molecular flexibility index (Phi) is 11.4. The predicted molar refractivity (Wildman–Crippen MR) is 171 cm³/mol. The Balaban J connectivity index is 1.35.